The number of nitrogens with one attached hydrogen (secondary N) is 1. The standard InChI is InChI=1S/C19H23FN4OS/c1-23(2)18(25)12-22-19(21-11-17-4-3-9-26-17)24-8-7-14-5-6-16(20)10-15(14)13-24/h3-6,9-10H,7-8,11-13H2,1-2H3,(H,21,22). The van der Waals surface area contributed by atoms with E-state index in [0.29, 0.717) is 19.0 Å². The van der Waals surface area contributed by atoms with Gasteiger partial charge in [-0.2, -0.15) is 0 Å². The lowest BCUT2D eigenvalue weighted by Gasteiger charge is -2.32. The number of nitrogens with zero attached hydrogens (tertiary/aromatic N) is 3. The van der Waals surface area contributed by atoms with Crippen molar-refractivity contribution in [3.05, 3.63) is 57.5 Å². The van der Waals surface area contributed by atoms with Gasteiger partial charge < -0.3 is 15.1 Å². The Labute approximate surface area is 157 Å². The normalized spacial score (nSPS) is 14.1. The van der Waals surface area contributed by atoms with Gasteiger partial charge in [-0.05, 0) is 41.1 Å². The summed E-state index contributed by atoms with van der Waals surface area (Å²) in [4.78, 5) is 21.3. The van der Waals surface area contributed by atoms with E-state index in [1.165, 1.54) is 21.4 Å². The van der Waals surface area contributed by atoms with E-state index in [9.17, 15) is 9.18 Å². The smallest absolute Gasteiger partial charge is 0.243 e. The molecule has 1 N–H and O–H groups in total. The number of halogens is 1. The lowest BCUT2D eigenvalue weighted by molar-refractivity contribution is -0.127. The van der Waals surface area contributed by atoms with Crippen molar-refractivity contribution in [2.75, 3.05) is 27.2 Å². The molecular formula is C19H23FN4OS. The van der Waals surface area contributed by atoms with Crippen molar-refractivity contribution in [1.29, 1.82) is 0 Å². The van der Waals surface area contributed by atoms with Crippen molar-refractivity contribution in [3.63, 3.8) is 0 Å². The minimum absolute atomic E-state index is 0.0520. The van der Waals surface area contributed by atoms with Crippen LogP contribution in [0.15, 0.2) is 40.7 Å². The highest BCUT2D eigenvalue weighted by Gasteiger charge is 2.20. The molecule has 0 spiro atoms. The number of likely N-dealkylation sites (N-methyl/N-ethyl adjacent to an activating group) is 1. The number of carbonyl (C=O) groups is 1. The third-order valence-corrected chi connectivity index (χ3v) is 5.22. The third-order valence-electron chi connectivity index (χ3n) is 4.34. The minimum Gasteiger partial charge on any atom is -0.351 e. The molecule has 0 aliphatic carbocycles. The number of benzene rings is 1. The highest BCUT2D eigenvalue weighted by Crippen LogP contribution is 2.20. The maximum atomic E-state index is 13.6. The first-order chi connectivity index (χ1) is 12.5. The number of fused-ring (bicyclic) bond motifs is 1. The molecule has 0 saturated heterocycles. The molecule has 0 fully saturated rings. The molecule has 1 amide bonds. The van der Waals surface area contributed by atoms with Gasteiger partial charge in [-0.15, -0.1) is 11.3 Å². The van der Waals surface area contributed by atoms with E-state index in [1.807, 2.05) is 17.5 Å². The molecule has 5 nitrogen and oxygen atoms in total. The molecule has 7 heteroatoms. The largest absolute Gasteiger partial charge is 0.351 e. The molecule has 2 aromatic rings. The average Bonchev–Trinajstić information content (AvgIpc) is 3.14. The van der Waals surface area contributed by atoms with Crippen LogP contribution >= 0.6 is 11.3 Å². The highest BCUT2D eigenvalue weighted by atomic mass is 32.1. The minimum atomic E-state index is -0.224. The maximum Gasteiger partial charge on any atom is 0.243 e. The van der Waals surface area contributed by atoms with Crippen LogP contribution in [0.25, 0.3) is 0 Å². The van der Waals surface area contributed by atoms with E-state index in [-0.39, 0.29) is 18.3 Å². The lowest BCUT2D eigenvalue weighted by atomic mass is 10.00. The summed E-state index contributed by atoms with van der Waals surface area (Å²) in [6, 6.07) is 9.01. The fourth-order valence-electron chi connectivity index (χ4n) is 2.84. The second-order valence-electron chi connectivity index (χ2n) is 6.45. The molecule has 138 valence electrons. The van der Waals surface area contributed by atoms with Crippen molar-refractivity contribution >= 4 is 23.2 Å². The van der Waals surface area contributed by atoms with Crippen LogP contribution in [0.1, 0.15) is 16.0 Å². The van der Waals surface area contributed by atoms with E-state index >= 15 is 0 Å². The summed E-state index contributed by atoms with van der Waals surface area (Å²) >= 11 is 1.67. The molecule has 3 rings (SSSR count). The van der Waals surface area contributed by atoms with E-state index in [1.54, 1.807) is 31.5 Å². The Morgan fingerprint density at radius 2 is 2.19 bits per heavy atom. The maximum absolute atomic E-state index is 13.6. The van der Waals surface area contributed by atoms with Gasteiger partial charge in [-0.25, -0.2) is 9.38 Å². The Morgan fingerprint density at radius 1 is 1.35 bits per heavy atom. The van der Waals surface area contributed by atoms with Crippen molar-refractivity contribution in [3.8, 4) is 0 Å². The summed E-state index contributed by atoms with van der Waals surface area (Å²) in [5.74, 6) is 0.408. The summed E-state index contributed by atoms with van der Waals surface area (Å²) in [5, 5.41) is 5.38. The van der Waals surface area contributed by atoms with Crippen LogP contribution in [-0.4, -0.2) is 48.9 Å². The predicted octanol–water partition coefficient (Wildman–Crippen LogP) is 2.48. The second-order valence-corrected chi connectivity index (χ2v) is 7.48. The van der Waals surface area contributed by atoms with E-state index in [4.69, 9.17) is 0 Å². The van der Waals surface area contributed by atoms with Crippen molar-refractivity contribution in [2.24, 2.45) is 4.99 Å². The fraction of sp³-hybridized carbons (Fsp3) is 0.368. The quantitative estimate of drug-likeness (QED) is 0.661. The number of guanidine groups is 1. The number of hydrogen-bond acceptors (Lipinski definition) is 3. The summed E-state index contributed by atoms with van der Waals surface area (Å²) in [5.41, 5.74) is 2.14. The topological polar surface area (TPSA) is 47.9 Å². The molecule has 1 aromatic heterocycles. The van der Waals surface area contributed by atoms with E-state index in [2.05, 4.69) is 21.3 Å². The van der Waals surface area contributed by atoms with Gasteiger partial charge in [0, 0.05) is 32.1 Å². The Hall–Kier alpha value is -2.41. The van der Waals surface area contributed by atoms with Gasteiger partial charge in [0.25, 0.3) is 0 Å². The second kappa shape index (κ2) is 8.31. The van der Waals surface area contributed by atoms with E-state index < -0.39 is 0 Å². The molecule has 0 unspecified atom stereocenters. The monoisotopic (exact) mass is 374 g/mol. The van der Waals surface area contributed by atoms with Crippen LogP contribution in [0.2, 0.25) is 0 Å². The fourth-order valence-corrected chi connectivity index (χ4v) is 3.48. The molecular weight excluding hydrogens is 351 g/mol. The van der Waals surface area contributed by atoms with Gasteiger partial charge in [-0.1, -0.05) is 12.1 Å². The van der Waals surface area contributed by atoms with Crippen LogP contribution in [0.5, 0.6) is 0 Å². The molecule has 0 saturated carbocycles. The number of amides is 1. The molecule has 0 atom stereocenters. The first-order valence-electron chi connectivity index (χ1n) is 8.56. The van der Waals surface area contributed by atoms with Crippen molar-refractivity contribution in [1.82, 2.24) is 15.1 Å². The van der Waals surface area contributed by atoms with Crippen LogP contribution in [0, 0.1) is 5.82 Å². The lowest BCUT2D eigenvalue weighted by Crippen LogP contribution is -2.44. The Bertz CT molecular complexity index is 789. The molecule has 1 aromatic carbocycles. The molecule has 0 bridgehead atoms. The molecule has 0 radical (unpaired) electrons. The third kappa shape index (κ3) is 4.60. The molecule has 26 heavy (non-hydrogen) atoms. The summed E-state index contributed by atoms with van der Waals surface area (Å²) in [7, 11) is 3.44. The first kappa shape index (κ1) is 18.4. The van der Waals surface area contributed by atoms with Gasteiger partial charge in [0.15, 0.2) is 5.96 Å². The first-order valence-corrected chi connectivity index (χ1v) is 9.44. The summed E-state index contributed by atoms with van der Waals surface area (Å²) in [6.07, 6.45) is 0.830. The summed E-state index contributed by atoms with van der Waals surface area (Å²) in [6.45, 7) is 2.11. The van der Waals surface area contributed by atoms with Gasteiger partial charge in [0.2, 0.25) is 5.91 Å². The SMILES string of the molecule is CN(C)C(=O)CN=C(NCc1cccs1)N1CCc2ccc(F)cc2C1. The zero-order valence-electron chi connectivity index (χ0n) is 15.0. The van der Waals surface area contributed by atoms with Crippen molar-refractivity contribution < 1.29 is 9.18 Å². The van der Waals surface area contributed by atoms with Crippen LogP contribution in [0.4, 0.5) is 4.39 Å². The van der Waals surface area contributed by atoms with Gasteiger partial charge in [0.1, 0.15) is 12.4 Å². The number of rotatable bonds is 4. The van der Waals surface area contributed by atoms with Crippen LogP contribution < -0.4 is 5.32 Å². The van der Waals surface area contributed by atoms with Crippen molar-refractivity contribution in [2.45, 2.75) is 19.5 Å². The molecule has 1 aliphatic rings. The number of thiophene rings is 1. The highest BCUT2D eigenvalue weighted by molar-refractivity contribution is 7.09. The van der Waals surface area contributed by atoms with Gasteiger partial charge >= 0.3 is 0 Å². The van der Waals surface area contributed by atoms with Gasteiger partial charge in [0.05, 0.1) is 6.54 Å². The Balaban J connectivity index is 1.75. The number of hydrogen-bond donors (Lipinski definition) is 1. The predicted molar refractivity (Wildman–Crippen MR) is 103 cm³/mol. The van der Waals surface area contributed by atoms with Gasteiger partial charge in [-0.3, -0.25) is 4.79 Å². The zero-order chi connectivity index (χ0) is 18.5. The number of aliphatic imine (C=N–C) groups is 1. The van der Waals surface area contributed by atoms with Crippen LogP contribution in [-0.2, 0) is 24.3 Å². The number of carbonyl (C=O) groups excluding carboxylic acids is 1. The average molecular weight is 374 g/mol. The molecule has 1 aliphatic heterocycles. The Morgan fingerprint density at radius 3 is 2.92 bits per heavy atom. The zero-order valence-corrected chi connectivity index (χ0v) is 15.9. The Kier molecular flexibility index (Phi) is 5.88. The molecule has 2 heterocycles. The van der Waals surface area contributed by atoms with Crippen LogP contribution in [0.3, 0.4) is 0 Å². The summed E-state index contributed by atoms with van der Waals surface area (Å²) < 4.78 is 13.6. The van der Waals surface area contributed by atoms with E-state index in [0.717, 1.165) is 18.5 Å².